The molecule has 2 aliphatic heterocycles. The van der Waals surface area contributed by atoms with E-state index >= 15 is 0 Å². The van der Waals surface area contributed by atoms with E-state index in [9.17, 15) is 0 Å². The van der Waals surface area contributed by atoms with Crippen LogP contribution in [0.4, 0.5) is 0 Å². The molecule has 0 saturated carbocycles. The van der Waals surface area contributed by atoms with Gasteiger partial charge in [-0.2, -0.15) is 0 Å². The summed E-state index contributed by atoms with van der Waals surface area (Å²) >= 11 is 6.38. The number of aromatic nitrogens is 2. The molecule has 3 heterocycles. The van der Waals surface area contributed by atoms with Gasteiger partial charge in [-0.1, -0.05) is 18.5 Å². The van der Waals surface area contributed by atoms with Gasteiger partial charge in [-0.05, 0) is 58.5 Å². The lowest BCUT2D eigenvalue weighted by molar-refractivity contribution is 0.168. The summed E-state index contributed by atoms with van der Waals surface area (Å²) in [6.45, 7) is 10.4. The molecule has 4 heteroatoms. The predicted octanol–water partition coefficient (Wildman–Crippen LogP) is 3.71. The van der Waals surface area contributed by atoms with Crippen molar-refractivity contribution in [3.63, 3.8) is 0 Å². The number of imidazole rings is 1. The summed E-state index contributed by atoms with van der Waals surface area (Å²) in [7, 11) is 0. The Morgan fingerprint density at radius 1 is 1.15 bits per heavy atom. The van der Waals surface area contributed by atoms with Crippen molar-refractivity contribution in [1.82, 2.24) is 14.5 Å². The number of likely N-dealkylation sites (tertiary alicyclic amines) is 1. The van der Waals surface area contributed by atoms with E-state index < -0.39 is 0 Å². The van der Waals surface area contributed by atoms with Crippen LogP contribution in [0.15, 0.2) is 0 Å². The van der Waals surface area contributed by atoms with Crippen LogP contribution in [0.25, 0.3) is 0 Å². The maximum absolute atomic E-state index is 6.38. The zero-order valence-electron chi connectivity index (χ0n) is 12.9. The number of hydrogen-bond acceptors (Lipinski definition) is 2. The predicted molar refractivity (Wildman–Crippen MR) is 83.4 cm³/mol. The van der Waals surface area contributed by atoms with Crippen molar-refractivity contribution in [3.05, 3.63) is 16.7 Å². The van der Waals surface area contributed by atoms with Gasteiger partial charge < -0.3 is 9.47 Å². The van der Waals surface area contributed by atoms with Gasteiger partial charge in [0.2, 0.25) is 0 Å². The molecule has 0 aromatic carbocycles. The normalized spacial score (nSPS) is 25.1. The second-order valence-corrected chi connectivity index (χ2v) is 7.22. The van der Waals surface area contributed by atoms with Crippen LogP contribution < -0.4 is 0 Å². The first-order valence-electron chi connectivity index (χ1n) is 8.05. The molecule has 0 N–H and O–H groups in total. The topological polar surface area (TPSA) is 21.1 Å². The first-order valence-corrected chi connectivity index (χ1v) is 8.43. The highest BCUT2D eigenvalue weighted by atomic mass is 35.5. The Balaban J connectivity index is 1.77. The zero-order valence-corrected chi connectivity index (χ0v) is 13.7. The molecule has 1 atom stereocenters. The first kappa shape index (κ1) is 14.4. The van der Waals surface area contributed by atoms with Gasteiger partial charge in [-0.3, -0.25) is 0 Å². The monoisotopic (exact) mass is 295 g/mol. The highest BCUT2D eigenvalue weighted by molar-refractivity contribution is 6.30. The van der Waals surface area contributed by atoms with Crippen molar-refractivity contribution in [2.75, 3.05) is 13.1 Å². The van der Waals surface area contributed by atoms with E-state index in [1.54, 1.807) is 0 Å². The van der Waals surface area contributed by atoms with Gasteiger partial charge in [-0.15, -0.1) is 0 Å². The van der Waals surface area contributed by atoms with E-state index in [-0.39, 0.29) is 0 Å². The summed E-state index contributed by atoms with van der Waals surface area (Å²) in [5.41, 5.74) is 1.28. The second kappa shape index (κ2) is 5.69. The first-order chi connectivity index (χ1) is 9.56. The molecule has 0 amide bonds. The van der Waals surface area contributed by atoms with Crippen LogP contribution in [-0.4, -0.2) is 33.6 Å². The average Bonchev–Trinajstić information content (AvgIpc) is 2.76. The lowest BCUT2D eigenvalue weighted by atomic mass is 9.94. The Morgan fingerprint density at radius 2 is 1.85 bits per heavy atom. The quantitative estimate of drug-likeness (QED) is 0.829. The molecular weight excluding hydrogens is 270 g/mol. The van der Waals surface area contributed by atoms with Crippen LogP contribution in [-0.2, 0) is 13.0 Å². The van der Waals surface area contributed by atoms with Crippen molar-refractivity contribution in [2.45, 2.75) is 65.0 Å². The fourth-order valence-corrected chi connectivity index (χ4v) is 3.95. The fraction of sp³-hybridized carbons (Fsp3) is 0.812. The van der Waals surface area contributed by atoms with Gasteiger partial charge in [0.15, 0.2) is 5.15 Å². The van der Waals surface area contributed by atoms with Crippen LogP contribution in [0.1, 0.15) is 57.5 Å². The van der Waals surface area contributed by atoms with Crippen molar-refractivity contribution in [1.29, 1.82) is 0 Å². The van der Waals surface area contributed by atoms with E-state index in [0.717, 1.165) is 24.0 Å². The molecule has 1 aromatic rings. The number of piperidine rings is 1. The van der Waals surface area contributed by atoms with Crippen LogP contribution in [0.5, 0.6) is 0 Å². The van der Waals surface area contributed by atoms with Crippen LogP contribution >= 0.6 is 11.6 Å². The molecular formula is C16H26ClN3. The minimum Gasteiger partial charge on any atom is -0.330 e. The number of hydrogen-bond donors (Lipinski definition) is 0. The summed E-state index contributed by atoms with van der Waals surface area (Å²) in [4.78, 5) is 7.30. The minimum atomic E-state index is 0.602. The smallest absolute Gasteiger partial charge is 0.150 e. The molecule has 0 aliphatic carbocycles. The lowest BCUT2D eigenvalue weighted by Crippen LogP contribution is -2.38. The van der Waals surface area contributed by atoms with Crippen molar-refractivity contribution >= 4 is 11.6 Å². The Kier molecular flexibility index (Phi) is 4.09. The number of halogens is 1. The second-order valence-electron chi connectivity index (χ2n) is 6.86. The highest BCUT2D eigenvalue weighted by Crippen LogP contribution is 2.34. The molecule has 2 aliphatic rings. The molecule has 20 heavy (non-hydrogen) atoms. The molecule has 0 radical (unpaired) electrons. The van der Waals surface area contributed by atoms with Gasteiger partial charge >= 0.3 is 0 Å². The van der Waals surface area contributed by atoms with E-state index in [1.165, 1.54) is 43.9 Å². The Hall–Kier alpha value is -0.540. The zero-order chi connectivity index (χ0) is 14.3. The summed E-state index contributed by atoms with van der Waals surface area (Å²) < 4.78 is 2.43. The minimum absolute atomic E-state index is 0.602. The molecule has 0 bridgehead atoms. The van der Waals surface area contributed by atoms with Gasteiger partial charge in [0.25, 0.3) is 0 Å². The molecule has 1 unspecified atom stereocenters. The standard InChI is InChI=1S/C16H26ClN3/c1-11(2)19-7-5-13(6-8-19)16-18-15(17)14-10-12(3)4-9-20(14)16/h11-13H,4-10H2,1-3H3. The summed E-state index contributed by atoms with van der Waals surface area (Å²) in [6, 6.07) is 0.662. The Morgan fingerprint density at radius 3 is 2.50 bits per heavy atom. The molecule has 1 saturated heterocycles. The van der Waals surface area contributed by atoms with Crippen LogP contribution in [0, 0.1) is 5.92 Å². The van der Waals surface area contributed by atoms with E-state index in [0.29, 0.717) is 12.0 Å². The number of fused-ring (bicyclic) bond motifs is 1. The van der Waals surface area contributed by atoms with E-state index in [4.69, 9.17) is 16.6 Å². The summed E-state index contributed by atoms with van der Waals surface area (Å²) in [5, 5.41) is 0.762. The maximum atomic E-state index is 6.38. The van der Waals surface area contributed by atoms with Crippen molar-refractivity contribution in [3.8, 4) is 0 Å². The Labute approximate surface area is 127 Å². The van der Waals surface area contributed by atoms with Gasteiger partial charge in [0.1, 0.15) is 5.82 Å². The summed E-state index contributed by atoms with van der Waals surface area (Å²) in [6.07, 6.45) is 4.80. The van der Waals surface area contributed by atoms with Gasteiger partial charge in [0.05, 0.1) is 5.69 Å². The van der Waals surface area contributed by atoms with Crippen molar-refractivity contribution in [2.24, 2.45) is 5.92 Å². The van der Waals surface area contributed by atoms with Gasteiger partial charge in [0, 0.05) is 18.5 Å². The van der Waals surface area contributed by atoms with Gasteiger partial charge in [-0.25, -0.2) is 4.98 Å². The average molecular weight is 296 g/mol. The third kappa shape index (κ3) is 2.62. The number of rotatable bonds is 2. The molecule has 1 fully saturated rings. The van der Waals surface area contributed by atoms with Crippen molar-refractivity contribution < 1.29 is 0 Å². The molecule has 1 aromatic heterocycles. The molecule has 3 nitrogen and oxygen atoms in total. The maximum Gasteiger partial charge on any atom is 0.150 e. The van der Waals surface area contributed by atoms with E-state index in [2.05, 4.69) is 30.2 Å². The molecule has 112 valence electrons. The fourth-order valence-electron chi connectivity index (χ4n) is 3.69. The summed E-state index contributed by atoms with van der Waals surface area (Å²) in [5.74, 6) is 2.61. The third-order valence-corrected chi connectivity index (χ3v) is 5.37. The molecule has 0 spiro atoms. The SMILES string of the molecule is CC1CCn2c(C3CCN(C(C)C)CC3)nc(Cl)c2C1. The largest absolute Gasteiger partial charge is 0.330 e. The lowest BCUT2D eigenvalue weighted by Gasteiger charge is -2.35. The molecule has 3 rings (SSSR count). The van der Waals surface area contributed by atoms with Crippen LogP contribution in [0.2, 0.25) is 5.15 Å². The van der Waals surface area contributed by atoms with E-state index in [1.807, 2.05) is 0 Å². The number of nitrogens with zero attached hydrogens (tertiary/aromatic N) is 3. The Bertz CT molecular complexity index is 472. The van der Waals surface area contributed by atoms with Crippen LogP contribution in [0.3, 0.4) is 0 Å². The third-order valence-electron chi connectivity index (χ3n) is 5.07. The highest BCUT2D eigenvalue weighted by Gasteiger charge is 2.29.